The fourth-order valence-corrected chi connectivity index (χ4v) is 4.43. The maximum atomic E-state index is 14.6. The summed E-state index contributed by atoms with van der Waals surface area (Å²) in [5.41, 5.74) is 1.35. The predicted octanol–water partition coefficient (Wildman–Crippen LogP) is 4.03. The van der Waals surface area contributed by atoms with Crippen LogP contribution >= 0.6 is 11.6 Å². The predicted molar refractivity (Wildman–Crippen MR) is 134 cm³/mol. The van der Waals surface area contributed by atoms with Crippen LogP contribution in [0, 0.1) is 5.82 Å². The fourth-order valence-electron chi connectivity index (χ4n) is 3.49. The second-order valence-electron chi connectivity index (χ2n) is 8.44. The van der Waals surface area contributed by atoms with Gasteiger partial charge >= 0.3 is 6.09 Å². The third kappa shape index (κ3) is 6.02. The fraction of sp³-hybridized carbons (Fsp3) is 0.364. The van der Waals surface area contributed by atoms with Gasteiger partial charge in [-0.15, -0.1) is 0 Å². The summed E-state index contributed by atoms with van der Waals surface area (Å²) >= 11 is 6.55. The van der Waals surface area contributed by atoms with Crippen LogP contribution in [0.25, 0.3) is 22.6 Å². The van der Waals surface area contributed by atoms with Crippen molar-refractivity contribution in [3.05, 3.63) is 41.1 Å². The zero-order valence-corrected chi connectivity index (χ0v) is 21.0. The molecule has 1 unspecified atom stereocenters. The molecule has 0 radical (unpaired) electrons. The molecule has 4 rings (SSSR count). The Morgan fingerprint density at radius 3 is 2.75 bits per heavy atom. The van der Waals surface area contributed by atoms with Crippen molar-refractivity contribution in [2.24, 2.45) is 0 Å². The van der Waals surface area contributed by atoms with Crippen LogP contribution < -0.4 is 15.4 Å². The summed E-state index contributed by atoms with van der Waals surface area (Å²) in [4.78, 5) is 27.4. The molecular formula is C22H25ClFN7O4S. The highest BCUT2D eigenvalue weighted by Gasteiger charge is 2.30. The Balaban J connectivity index is 1.73. The average molecular weight is 538 g/mol. The SMILES string of the molecule is CCS(=O)(=O)Nc1cc(F)cc(-c2nc(C3CC3)[nH]c2-c2ccnc(NCC(C)NC(=O)O)n2)c1Cl. The van der Waals surface area contributed by atoms with E-state index in [9.17, 15) is 17.6 Å². The first kappa shape index (κ1) is 25.6. The molecule has 5 N–H and O–H groups in total. The van der Waals surface area contributed by atoms with Gasteiger partial charge in [0.25, 0.3) is 0 Å². The van der Waals surface area contributed by atoms with Gasteiger partial charge in [-0.25, -0.2) is 32.6 Å². The summed E-state index contributed by atoms with van der Waals surface area (Å²) in [5, 5.41) is 14.2. The van der Waals surface area contributed by atoms with Crippen molar-refractivity contribution >= 4 is 39.4 Å². The molecule has 1 aliphatic carbocycles. The number of H-pyrrole nitrogens is 1. The number of carbonyl (C=O) groups is 1. The summed E-state index contributed by atoms with van der Waals surface area (Å²) in [7, 11) is -3.70. The molecule has 1 fully saturated rings. The van der Waals surface area contributed by atoms with Crippen molar-refractivity contribution in [1.29, 1.82) is 0 Å². The van der Waals surface area contributed by atoms with E-state index in [2.05, 4.69) is 35.3 Å². The van der Waals surface area contributed by atoms with E-state index < -0.39 is 28.0 Å². The van der Waals surface area contributed by atoms with Gasteiger partial charge in [0.15, 0.2) is 0 Å². The second-order valence-corrected chi connectivity index (χ2v) is 10.8. The molecule has 0 bridgehead atoms. The third-order valence-electron chi connectivity index (χ3n) is 5.47. The van der Waals surface area contributed by atoms with Crippen LogP contribution in [-0.2, 0) is 10.0 Å². The minimum atomic E-state index is -3.70. The first-order valence-corrected chi connectivity index (χ1v) is 13.3. The van der Waals surface area contributed by atoms with E-state index in [1.54, 1.807) is 13.0 Å². The number of carboxylic acid groups (broad SMARTS) is 1. The number of hydrogen-bond acceptors (Lipinski definition) is 7. The summed E-state index contributed by atoms with van der Waals surface area (Å²) in [6, 6.07) is 3.47. The van der Waals surface area contributed by atoms with Crippen LogP contribution in [-0.4, -0.2) is 57.9 Å². The number of anilines is 2. The minimum absolute atomic E-state index is 0.00416. The molecule has 2 heterocycles. The van der Waals surface area contributed by atoms with Gasteiger partial charge in [-0.1, -0.05) is 11.6 Å². The Labute approximate surface area is 212 Å². The zero-order valence-electron chi connectivity index (χ0n) is 19.5. The maximum absolute atomic E-state index is 14.6. The topological polar surface area (TPSA) is 162 Å². The van der Waals surface area contributed by atoms with Gasteiger partial charge < -0.3 is 20.7 Å². The molecule has 36 heavy (non-hydrogen) atoms. The van der Waals surface area contributed by atoms with Crippen molar-refractivity contribution in [3.63, 3.8) is 0 Å². The summed E-state index contributed by atoms with van der Waals surface area (Å²) in [6.07, 6.45) is 2.29. The normalized spacial score (nSPS) is 14.3. The summed E-state index contributed by atoms with van der Waals surface area (Å²) in [5.74, 6) is 0.289. The van der Waals surface area contributed by atoms with Gasteiger partial charge in [0.1, 0.15) is 11.6 Å². The quantitative estimate of drug-likeness (QED) is 0.259. The smallest absolute Gasteiger partial charge is 0.404 e. The van der Waals surface area contributed by atoms with E-state index in [0.717, 1.165) is 18.9 Å². The molecule has 1 amide bonds. The number of sulfonamides is 1. The van der Waals surface area contributed by atoms with Crippen LogP contribution in [0.1, 0.15) is 38.4 Å². The van der Waals surface area contributed by atoms with Crippen molar-refractivity contribution < 1.29 is 22.7 Å². The molecule has 0 spiro atoms. The van der Waals surface area contributed by atoms with Crippen LogP contribution in [0.3, 0.4) is 0 Å². The number of hydrogen-bond donors (Lipinski definition) is 5. The van der Waals surface area contributed by atoms with E-state index >= 15 is 0 Å². The number of aromatic amines is 1. The molecular weight excluding hydrogens is 513 g/mol. The van der Waals surface area contributed by atoms with E-state index in [0.29, 0.717) is 22.9 Å². The lowest BCUT2D eigenvalue weighted by molar-refractivity contribution is 0.191. The monoisotopic (exact) mass is 537 g/mol. The van der Waals surface area contributed by atoms with E-state index in [1.165, 1.54) is 19.2 Å². The van der Waals surface area contributed by atoms with Crippen molar-refractivity contribution in [1.82, 2.24) is 25.3 Å². The molecule has 3 aromatic rings. The highest BCUT2D eigenvalue weighted by Crippen LogP contribution is 2.44. The molecule has 192 valence electrons. The average Bonchev–Trinajstić information content (AvgIpc) is 3.58. The molecule has 1 aliphatic rings. The number of aromatic nitrogens is 4. The van der Waals surface area contributed by atoms with Crippen molar-refractivity contribution in [2.45, 2.75) is 38.6 Å². The molecule has 1 atom stereocenters. The lowest BCUT2D eigenvalue weighted by Crippen LogP contribution is -2.36. The van der Waals surface area contributed by atoms with Crippen molar-refractivity contribution in [2.75, 3.05) is 22.3 Å². The molecule has 0 saturated heterocycles. The Morgan fingerprint density at radius 1 is 1.33 bits per heavy atom. The summed E-state index contributed by atoms with van der Waals surface area (Å²) in [6.45, 7) is 3.40. The summed E-state index contributed by atoms with van der Waals surface area (Å²) < 4.78 is 41.1. The first-order valence-electron chi connectivity index (χ1n) is 11.2. The molecule has 14 heteroatoms. The standard InChI is InChI=1S/C22H25ClFN7O4S/c1-3-36(34,35)31-16-9-13(24)8-14(17(16)23)18-19(30-20(29-18)12-4-5-12)15-6-7-25-21(28-15)26-10-11(2)27-22(32)33/h6-9,11-12,27,31H,3-5,10H2,1-2H3,(H,29,30)(H,32,33)(H,25,26,28). The molecule has 11 nitrogen and oxygen atoms in total. The number of halogens is 2. The highest BCUT2D eigenvalue weighted by atomic mass is 35.5. The number of nitrogens with zero attached hydrogens (tertiary/aromatic N) is 3. The number of benzene rings is 1. The largest absolute Gasteiger partial charge is 0.465 e. The lowest BCUT2D eigenvalue weighted by Gasteiger charge is -2.13. The van der Waals surface area contributed by atoms with Gasteiger partial charge in [-0.3, -0.25) is 4.72 Å². The number of amides is 1. The van der Waals surface area contributed by atoms with Crippen LogP contribution in [0.5, 0.6) is 0 Å². The van der Waals surface area contributed by atoms with Crippen LogP contribution in [0.15, 0.2) is 24.4 Å². The third-order valence-corrected chi connectivity index (χ3v) is 7.17. The van der Waals surface area contributed by atoms with E-state index in [4.69, 9.17) is 16.7 Å². The molecule has 2 aromatic heterocycles. The molecule has 1 saturated carbocycles. The first-order chi connectivity index (χ1) is 17.1. The van der Waals surface area contributed by atoms with Gasteiger partial charge in [-0.2, -0.15) is 0 Å². The van der Waals surface area contributed by atoms with Crippen LogP contribution in [0.4, 0.5) is 20.8 Å². The van der Waals surface area contributed by atoms with Crippen molar-refractivity contribution in [3.8, 4) is 22.6 Å². The van der Waals surface area contributed by atoms with E-state index in [-0.39, 0.29) is 40.4 Å². The second kappa shape index (κ2) is 10.3. The Bertz CT molecular complexity index is 1400. The van der Waals surface area contributed by atoms with Gasteiger partial charge in [-0.05, 0) is 44.9 Å². The number of nitrogens with one attached hydrogen (secondary N) is 4. The number of imidazole rings is 1. The Morgan fingerprint density at radius 2 is 2.08 bits per heavy atom. The zero-order chi connectivity index (χ0) is 26.0. The molecule has 1 aromatic carbocycles. The number of rotatable bonds is 10. The Hall–Kier alpha value is -3.45. The van der Waals surface area contributed by atoms with E-state index in [1.807, 2.05) is 0 Å². The highest BCUT2D eigenvalue weighted by molar-refractivity contribution is 7.92. The maximum Gasteiger partial charge on any atom is 0.404 e. The van der Waals surface area contributed by atoms with Gasteiger partial charge in [0, 0.05) is 30.3 Å². The van der Waals surface area contributed by atoms with Gasteiger partial charge in [0.05, 0.1) is 33.5 Å². The van der Waals surface area contributed by atoms with Crippen LogP contribution in [0.2, 0.25) is 5.02 Å². The van der Waals surface area contributed by atoms with Gasteiger partial charge in [0.2, 0.25) is 16.0 Å². The molecule has 0 aliphatic heterocycles. The minimum Gasteiger partial charge on any atom is -0.465 e. The lowest BCUT2D eigenvalue weighted by atomic mass is 10.1. The Kier molecular flexibility index (Phi) is 7.31.